The van der Waals surface area contributed by atoms with Gasteiger partial charge in [-0.2, -0.15) is 5.10 Å². The molecular formula is C16H15N5O2S. The highest BCUT2D eigenvalue weighted by Crippen LogP contribution is 2.21. The van der Waals surface area contributed by atoms with Gasteiger partial charge < -0.3 is 9.88 Å². The minimum atomic E-state index is -0.275. The lowest BCUT2D eigenvalue weighted by atomic mass is 10.1. The number of rotatable bonds is 3. The van der Waals surface area contributed by atoms with E-state index >= 15 is 0 Å². The summed E-state index contributed by atoms with van der Waals surface area (Å²) in [5, 5.41) is 6.28. The van der Waals surface area contributed by atoms with E-state index in [1.807, 2.05) is 17.5 Å². The third-order valence-corrected chi connectivity index (χ3v) is 4.95. The highest BCUT2D eigenvalue weighted by molar-refractivity contribution is 7.13. The third-order valence-electron chi connectivity index (χ3n) is 4.05. The first-order valence-electron chi connectivity index (χ1n) is 7.61. The molecule has 0 spiro atoms. The molecule has 0 radical (unpaired) electrons. The molecule has 1 aliphatic heterocycles. The van der Waals surface area contributed by atoms with E-state index in [4.69, 9.17) is 0 Å². The molecule has 1 aliphatic rings. The first kappa shape index (κ1) is 14.8. The summed E-state index contributed by atoms with van der Waals surface area (Å²) in [4.78, 5) is 34.6. The lowest BCUT2D eigenvalue weighted by Crippen LogP contribution is -2.40. The lowest BCUT2D eigenvalue weighted by Gasteiger charge is -2.26. The molecule has 3 aromatic heterocycles. The summed E-state index contributed by atoms with van der Waals surface area (Å²) in [7, 11) is 0. The van der Waals surface area contributed by atoms with Gasteiger partial charge in [-0.25, -0.2) is 9.67 Å². The second-order valence-corrected chi connectivity index (χ2v) is 6.53. The van der Waals surface area contributed by atoms with Crippen LogP contribution < -0.4 is 5.56 Å². The molecule has 122 valence electrons. The maximum absolute atomic E-state index is 12.5. The van der Waals surface area contributed by atoms with Crippen LogP contribution in [-0.4, -0.2) is 37.1 Å². The molecule has 3 aromatic rings. The molecule has 0 saturated carbocycles. The fraction of sp³-hybridized carbons (Fsp3) is 0.250. The number of aromatic amines is 1. The molecule has 0 aliphatic carbocycles. The van der Waals surface area contributed by atoms with Crippen molar-refractivity contribution in [1.82, 2.24) is 24.6 Å². The Morgan fingerprint density at radius 3 is 3.08 bits per heavy atom. The number of H-pyrrole nitrogens is 1. The van der Waals surface area contributed by atoms with Gasteiger partial charge >= 0.3 is 0 Å². The van der Waals surface area contributed by atoms with Gasteiger partial charge in [-0.1, -0.05) is 6.07 Å². The average molecular weight is 341 g/mol. The zero-order valence-electron chi connectivity index (χ0n) is 12.8. The zero-order valence-corrected chi connectivity index (χ0v) is 13.6. The molecule has 4 heterocycles. The minimum Gasteiger partial charge on any atom is -0.347 e. The van der Waals surface area contributed by atoms with E-state index in [0.29, 0.717) is 18.8 Å². The molecule has 0 saturated heterocycles. The van der Waals surface area contributed by atoms with Crippen molar-refractivity contribution < 1.29 is 4.79 Å². The van der Waals surface area contributed by atoms with E-state index in [-0.39, 0.29) is 18.0 Å². The van der Waals surface area contributed by atoms with Crippen LogP contribution >= 0.6 is 11.3 Å². The summed E-state index contributed by atoms with van der Waals surface area (Å²) in [5.74, 6) is -0.117. The standard InChI is InChI=1S/C16H15N5O2S/c22-15-4-3-12(14-2-1-7-24-14)19-21(15)9-16(23)20-6-5-11-13(8-20)18-10-17-11/h1-4,7,10H,5-6,8-9H2,(H,17,18). The van der Waals surface area contributed by atoms with E-state index in [1.54, 1.807) is 28.6 Å². The molecule has 0 bridgehead atoms. The van der Waals surface area contributed by atoms with Crippen LogP contribution in [0.3, 0.4) is 0 Å². The van der Waals surface area contributed by atoms with Crippen molar-refractivity contribution in [3.63, 3.8) is 0 Å². The van der Waals surface area contributed by atoms with Crippen molar-refractivity contribution in [2.24, 2.45) is 0 Å². The Kier molecular flexibility index (Phi) is 3.73. The Morgan fingerprint density at radius 1 is 1.33 bits per heavy atom. The van der Waals surface area contributed by atoms with Crippen molar-refractivity contribution in [2.75, 3.05) is 6.54 Å². The SMILES string of the molecule is O=C(Cn1nc(-c2cccs2)ccc1=O)N1CCc2nc[nH]c2C1. The summed E-state index contributed by atoms with van der Waals surface area (Å²) in [5.41, 5.74) is 2.39. The predicted octanol–water partition coefficient (Wildman–Crippen LogP) is 1.28. The average Bonchev–Trinajstić information content (AvgIpc) is 3.27. The maximum Gasteiger partial charge on any atom is 0.267 e. The molecule has 7 nitrogen and oxygen atoms in total. The number of imidazole rings is 1. The van der Waals surface area contributed by atoms with Gasteiger partial charge in [0, 0.05) is 19.0 Å². The van der Waals surface area contributed by atoms with Crippen LogP contribution in [0, 0.1) is 0 Å². The topological polar surface area (TPSA) is 83.9 Å². The number of carbonyl (C=O) groups excluding carboxylic acids is 1. The van der Waals surface area contributed by atoms with Crippen LogP contribution in [0.25, 0.3) is 10.6 Å². The number of aromatic nitrogens is 4. The van der Waals surface area contributed by atoms with Crippen molar-refractivity contribution in [3.8, 4) is 10.6 Å². The van der Waals surface area contributed by atoms with Gasteiger partial charge in [0.05, 0.1) is 29.1 Å². The van der Waals surface area contributed by atoms with Gasteiger partial charge in [0.2, 0.25) is 5.91 Å². The number of nitrogens with zero attached hydrogens (tertiary/aromatic N) is 4. The summed E-state index contributed by atoms with van der Waals surface area (Å²) in [6.07, 6.45) is 2.37. The second-order valence-electron chi connectivity index (χ2n) is 5.58. The van der Waals surface area contributed by atoms with Crippen molar-refractivity contribution in [3.05, 3.63) is 57.7 Å². The van der Waals surface area contributed by atoms with E-state index in [2.05, 4.69) is 15.1 Å². The number of carbonyl (C=O) groups is 1. The predicted molar refractivity (Wildman–Crippen MR) is 89.5 cm³/mol. The zero-order chi connectivity index (χ0) is 16.5. The molecule has 1 amide bonds. The van der Waals surface area contributed by atoms with Crippen LogP contribution in [0.1, 0.15) is 11.4 Å². The van der Waals surface area contributed by atoms with Crippen molar-refractivity contribution in [2.45, 2.75) is 19.5 Å². The second kappa shape index (κ2) is 6.04. The van der Waals surface area contributed by atoms with Gasteiger partial charge in [0.15, 0.2) is 0 Å². The van der Waals surface area contributed by atoms with Gasteiger partial charge in [0.1, 0.15) is 12.2 Å². The molecule has 0 unspecified atom stereocenters. The van der Waals surface area contributed by atoms with Gasteiger partial charge in [-0.15, -0.1) is 11.3 Å². The largest absolute Gasteiger partial charge is 0.347 e. The number of hydrogen-bond acceptors (Lipinski definition) is 5. The monoisotopic (exact) mass is 341 g/mol. The van der Waals surface area contributed by atoms with Crippen LogP contribution in [-0.2, 0) is 24.3 Å². The summed E-state index contributed by atoms with van der Waals surface area (Å²) in [6.45, 7) is 1.05. The molecule has 0 atom stereocenters. The first-order chi connectivity index (χ1) is 11.7. The molecule has 8 heteroatoms. The van der Waals surface area contributed by atoms with E-state index in [0.717, 1.165) is 22.7 Å². The number of hydrogen-bond donors (Lipinski definition) is 1. The van der Waals surface area contributed by atoms with Gasteiger partial charge in [-0.05, 0) is 17.5 Å². The first-order valence-corrected chi connectivity index (χ1v) is 8.49. The highest BCUT2D eigenvalue weighted by atomic mass is 32.1. The molecule has 1 N–H and O–H groups in total. The normalized spacial score (nSPS) is 13.8. The van der Waals surface area contributed by atoms with E-state index in [9.17, 15) is 9.59 Å². The summed E-state index contributed by atoms with van der Waals surface area (Å²) >= 11 is 1.55. The number of thiophene rings is 1. The van der Waals surface area contributed by atoms with Crippen LogP contribution in [0.15, 0.2) is 40.8 Å². The third kappa shape index (κ3) is 2.76. The molecule has 0 aromatic carbocycles. The quantitative estimate of drug-likeness (QED) is 0.778. The highest BCUT2D eigenvalue weighted by Gasteiger charge is 2.23. The number of amides is 1. The maximum atomic E-state index is 12.5. The minimum absolute atomic E-state index is 0.0540. The Hall–Kier alpha value is -2.74. The van der Waals surface area contributed by atoms with Crippen LogP contribution in [0.4, 0.5) is 0 Å². The summed E-state index contributed by atoms with van der Waals surface area (Å²) < 4.78 is 1.24. The fourth-order valence-electron chi connectivity index (χ4n) is 2.77. The number of fused-ring (bicyclic) bond motifs is 1. The Bertz CT molecular complexity index is 928. The van der Waals surface area contributed by atoms with Crippen LogP contribution in [0.5, 0.6) is 0 Å². The Labute approximate surface area is 141 Å². The fourth-order valence-corrected chi connectivity index (χ4v) is 3.46. The Morgan fingerprint density at radius 2 is 2.25 bits per heavy atom. The lowest BCUT2D eigenvalue weighted by molar-refractivity contribution is -0.133. The Balaban J connectivity index is 1.54. The van der Waals surface area contributed by atoms with Crippen molar-refractivity contribution in [1.29, 1.82) is 0 Å². The number of nitrogens with one attached hydrogen (secondary N) is 1. The van der Waals surface area contributed by atoms with E-state index < -0.39 is 0 Å². The summed E-state index contributed by atoms with van der Waals surface area (Å²) in [6, 6.07) is 7.01. The van der Waals surface area contributed by atoms with Crippen molar-refractivity contribution >= 4 is 17.2 Å². The van der Waals surface area contributed by atoms with Gasteiger partial charge in [0.25, 0.3) is 5.56 Å². The van der Waals surface area contributed by atoms with E-state index in [1.165, 1.54) is 10.7 Å². The van der Waals surface area contributed by atoms with Gasteiger partial charge in [-0.3, -0.25) is 9.59 Å². The molecule has 0 fully saturated rings. The molecular weight excluding hydrogens is 326 g/mol. The molecule has 4 rings (SSSR count). The van der Waals surface area contributed by atoms with Crippen LogP contribution in [0.2, 0.25) is 0 Å². The molecule has 24 heavy (non-hydrogen) atoms. The smallest absolute Gasteiger partial charge is 0.267 e.